The van der Waals surface area contributed by atoms with Crippen LogP contribution in [0.4, 0.5) is 0 Å². The van der Waals surface area contributed by atoms with Crippen LogP contribution < -0.4 is 0 Å². The van der Waals surface area contributed by atoms with Gasteiger partial charge in [0.1, 0.15) is 0 Å². The Hall–Kier alpha value is -0.720. The Morgan fingerprint density at radius 3 is 2.73 bits per heavy atom. The van der Waals surface area contributed by atoms with Crippen molar-refractivity contribution in [3.8, 4) is 0 Å². The number of nitro groups is 1. The molecule has 0 aliphatic carbocycles. The molecule has 0 aromatic heterocycles. The van der Waals surface area contributed by atoms with E-state index in [9.17, 15) is 10.1 Å². The second-order valence-electron chi connectivity index (χ2n) is 4.15. The van der Waals surface area contributed by atoms with Crippen molar-refractivity contribution in [2.45, 2.75) is 32.2 Å². The van der Waals surface area contributed by atoms with Crippen LogP contribution in [0.25, 0.3) is 0 Å². The van der Waals surface area contributed by atoms with Crippen LogP contribution in [0.1, 0.15) is 20.3 Å². The standard InChI is InChI=1S/C9H17NO5/c1-9(2)14-6-8(15-9)7(3-4-11)5-10(12)13/h7-8,11H,3-6H2,1-2H3/t7?,8-/m0/s1. The van der Waals surface area contributed by atoms with E-state index in [-0.39, 0.29) is 30.1 Å². The van der Waals surface area contributed by atoms with E-state index < -0.39 is 5.79 Å². The smallest absolute Gasteiger partial charge is 0.209 e. The molecular formula is C9H17NO5. The van der Waals surface area contributed by atoms with E-state index in [4.69, 9.17) is 14.6 Å². The van der Waals surface area contributed by atoms with Gasteiger partial charge in [-0.25, -0.2) is 0 Å². The second-order valence-corrected chi connectivity index (χ2v) is 4.15. The van der Waals surface area contributed by atoms with Gasteiger partial charge in [-0.2, -0.15) is 0 Å². The van der Waals surface area contributed by atoms with E-state index in [0.717, 1.165) is 0 Å². The Kier molecular flexibility index (Phi) is 4.01. The van der Waals surface area contributed by atoms with E-state index in [1.54, 1.807) is 13.8 Å². The summed E-state index contributed by atoms with van der Waals surface area (Å²) >= 11 is 0. The number of hydrogen-bond acceptors (Lipinski definition) is 5. The Morgan fingerprint density at radius 1 is 1.67 bits per heavy atom. The summed E-state index contributed by atoms with van der Waals surface area (Å²) in [6.07, 6.45) is 0.0722. The summed E-state index contributed by atoms with van der Waals surface area (Å²) in [4.78, 5) is 10.1. The number of aliphatic hydroxyl groups excluding tert-OH is 1. The van der Waals surface area contributed by atoms with Crippen LogP contribution >= 0.6 is 0 Å². The van der Waals surface area contributed by atoms with Gasteiger partial charge in [0.2, 0.25) is 6.54 Å². The molecule has 0 amide bonds. The van der Waals surface area contributed by atoms with Crippen molar-refractivity contribution in [2.75, 3.05) is 19.8 Å². The van der Waals surface area contributed by atoms with Crippen LogP contribution in [0.15, 0.2) is 0 Å². The van der Waals surface area contributed by atoms with Crippen molar-refractivity contribution in [3.63, 3.8) is 0 Å². The largest absolute Gasteiger partial charge is 0.396 e. The van der Waals surface area contributed by atoms with E-state index in [0.29, 0.717) is 13.0 Å². The molecule has 1 aliphatic heterocycles. The fourth-order valence-electron chi connectivity index (χ4n) is 1.70. The predicted octanol–water partition coefficient (Wildman–Crippen LogP) is 0.413. The lowest BCUT2D eigenvalue weighted by Gasteiger charge is -2.20. The molecule has 1 rings (SSSR count). The highest BCUT2D eigenvalue weighted by atomic mass is 16.7. The van der Waals surface area contributed by atoms with Crippen molar-refractivity contribution in [2.24, 2.45) is 5.92 Å². The molecule has 1 aliphatic rings. The Balaban J connectivity index is 2.53. The summed E-state index contributed by atoms with van der Waals surface area (Å²) in [5.41, 5.74) is 0. The molecule has 6 heteroatoms. The fourth-order valence-corrected chi connectivity index (χ4v) is 1.70. The maximum atomic E-state index is 10.4. The van der Waals surface area contributed by atoms with Gasteiger partial charge >= 0.3 is 0 Å². The maximum Gasteiger partial charge on any atom is 0.209 e. The summed E-state index contributed by atoms with van der Waals surface area (Å²) in [6, 6.07) is 0. The number of aliphatic hydroxyl groups is 1. The first kappa shape index (κ1) is 12.4. The Labute approximate surface area is 88.3 Å². The van der Waals surface area contributed by atoms with Gasteiger partial charge in [0.15, 0.2) is 5.79 Å². The van der Waals surface area contributed by atoms with Crippen molar-refractivity contribution in [1.29, 1.82) is 0 Å². The number of rotatable bonds is 5. The molecule has 6 nitrogen and oxygen atoms in total. The van der Waals surface area contributed by atoms with Crippen LogP contribution in [0.2, 0.25) is 0 Å². The van der Waals surface area contributed by atoms with E-state index in [1.807, 2.05) is 0 Å². The highest BCUT2D eigenvalue weighted by Gasteiger charge is 2.38. The third-order valence-corrected chi connectivity index (χ3v) is 2.44. The molecule has 88 valence electrons. The second kappa shape index (κ2) is 4.87. The third kappa shape index (κ3) is 3.73. The molecule has 1 unspecified atom stereocenters. The number of nitrogens with zero attached hydrogens (tertiary/aromatic N) is 1. The minimum Gasteiger partial charge on any atom is -0.396 e. The fraction of sp³-hybridized carbons (Fsp3) is 1.00. The third-order valence-electron chi connectivity index (χ3n) is 2.44. The van der Waals surface area contributed by atoms with Gasteiger partial charge in [-0.3, -0.25) is 10.1 Å². The topological polar surface area (TPSA) is 81.8 Å². The average molecular weight is 219 g/mol. The lowest BCUT2D eigenvalue weighted by atomic mass is 10.00. The molecule has 1 fully saturated rings. The molecule has 0 saturated carbocycles. The Morgan fingerprint density at radius 2 is 2.33 bits per heavy atom. The van der Waals surface area contributed by atoms with Crippen molar-refractivity contribution < 1.29 is 19.5 Å². The van der Waals surface area contributed by atoms with Gasteiger partial charge in [-0.1, -0.05) is 0 Å². The van der Waals surface area contributed by atoms with Crippen LogP contribution in [-0.2, 0) is 9.47 Å². The normalized spacial score (nSPS) is 26.5. The maximum absolute atomic E-state index is 10.4. The van der Waals surface area contributed by atoms with E-state index in [2.05, 4.69) is 0 Å². The van der Waals surface area contributed by atoms with Crippen LogP contribution in [0, 0.1) is 16.0 Å². The quantitative estimate of drug-likeness (QED) is 0.535. The zero-order valence-corrected chi connectivity index (χ0v) is 9.01. The zero-order chi connectivity index (χ0) is 11.5. The first-order valence-electron chi connectivity index (χ1n) is 4.99. The van der Waals surface area contributed by atoms with Gasteiger partial charge < -0.3 is 14.6 Å². The van der Waals surface area contributed by atoms with Crippen LogP contribution in [0.3, 0.4) is 0 Å². The molecule has 0 bridgehead atoms. The molecular weight excluding hydrogens is 202 g/mol. The molecule has 1 N–H and O–H groups in total. The van der Waals surface area contributed by atoms with E-state index >= 15 is 0 Å². The summed E-state index contributed by atoms with van der Waals surface area (Å²) in [7, 11) is 0. The summed E-state index contributed by atoms with van der Waals surface area (Å²) in [5.74, 6) is -0.957. The monoisotopic (exact) mass is 219 g/mol. The number of hydrogen-bond donors (Lipinski definition) is 1. The minimum atomic E-state index is -0.672. The predicted molar refractivity (Wildman–Crippen MR) is 52.0 cm³/mol. The summed E-state index contributed by atoms with van der Waals surface area (Å²) in [6.45, 7) is 3.64. The molecule has 15 heavy (non-hydrogen) atoms. The lowest BCUT2D eigenvalue weighted by molar-refractivity contribution is -0.491. The first-order valence-corrected chi connectivity index (χ1v) is 4.99. The van der Waals surface area contributed by atoms with Crippen LogP contribution in [-0.4, -0.2) is 41.7 Å². The first-order chi connectivity index (χ1) is 6.94. The summed E-state index contributed by atoms with van der Waals surface area (Å²) < 4.78 is 10.9. The van der Waals surface area contributed by atoms with Gasteiger partial charge in [-0.05, 0) is 20.3 Å². The number of ether oxygens (including phenoxy) is 2. The highest BCUT2D eigenvalue weighted by molar-refractivity contribution is 4.77. The minimum absolute atomic E-state index is 0.0706. The molecule has 1 heterocycles. The Bertz CT molecular complexity index is 231. The SMILES string of the molecule is CC1(C)OC[C@@H](C(CCO)C[N+](=O)[O-])O1. The molecule has 2 atom stereocenters. The van der Waals surface area contributed by atoms with Crippen LogP contribution in [0.5, 0.6) is 0 Å². The summed E-state index contributed by atoms with van der Waals surface area (Å²) in [5, 5.41) is 19.3. The molecule has 0 aromatic carbocycles. The van der Waals surface area contributed by atoms with Crippen molar-refractivity contribution >= 4 is 0 Å². The van der Waals surface area contributed by atoms with Crippen molar-refractivity contribution in [1.82, 2.24) is 0 Å². The van der Waals surface area contributed by atoms with E-state index in [1.165, 1.54) is 0 Å². The molecule has 1 saturated heterocycles. The van der Waals surface area contributed by atoms with Gasteiger partial charge in [0.05, 0.1) is 18.6 Å². The zero-order valence-electron chi connectivity index (χ0n) is 9.01. The van der Waals surface area contributed by atoms with Gasteiger partial charge in [-0.15, -0.1) is 0 Å². The van der Waals surface area contributed by atoms with Gasteiger partial charge in [0.25, 0.3) is 0 Å². The average Bonchev–Trinajstić information content (AvgIpc) is 2.44. The molecule has 0 aromatic rings. The van der Waals surface area contributed by atoms with Gasteiger partial charge in [0, 0.05) is 11.5 Å². The lowest BCUT2D eigenvalue weighted by Crippen LogP contribution is -2.32. The molecule has 0 spiro atoms. The molecule has 0 radical (unpaired) electrons. The van der Waals surface area contributed by atoms with Crippen molar-refractivity contribution in [3.05, 3.63) is 10.1 Å². The highest BCUT2D eigenvalue weighted by Crippen LogP contribution is 2.28.